The van der Waals surface area contributed by atoms with Crippen LogP contribution in [0, 0.1) is 0 Å². The van der Waals surface area contributed by atoms with Gasteiger partial charge in [-0.05, 0) is 48.5 Å². The summed E-state index contributed by atoms with van der Waals surface area (Å²) < 4.78 is 42.7. The molecule has 172 valence electrons. The van der Waals surface area contributed by atoms with Crippen molar-refractivity contribution < 1.29 is 27.4 Å². The molecule has 11 heteroatoms. The molecule has 0 spiro atoms. The fraction of sp³-hybridized carbons (Fsp3) is 0.136. The van der Waals surface area contributed by atoms with Gasteiger partial charge in [0, 0.05) is 29.6 Å². The predicted molar refractivity (Wildman–Crippen MR) is 122 cm³/mol. The summed E-state index contributed by atoms with van der Waals surface area (Å²) in [5, 5.41) is 2.93. The summed E-state index contributed by atoms with van der Waals surface area (Å²) in [6.07, 6.45) is 2.86. The highest BCUT2D eigenvalue weighted by atomic mass is 32.2. The van der Waals surface area contributed by atoms with E-state index >= 15 is 0 Å². The van der Waals surface area contributed by atoms with E-state index in [1.54, 1.807) is 43.5 Å². The van der Waals surface area contributed by atoms with Gasteiger partial charge in [-0.3, -0.25) is 9.52 Å². The van der Waals surface area contributed by atoms with Gasteiger partial charge >= 0.3 is 6.01 Å². The first kappa shape index (κ1) is 23.5. The van der Waals surface area contributed by atoms with Gasteiger partial charge in [-0.2, -0.15) is 9.97 Å². The third kappa shape index (κ3) is 6.20. The largest absolute Gasteiger partial charge is 0.497 e. The molecule has 10 nitrogen and oxygen atoms in total. The molecule has 0 fully saturated rings. The Morgan fingerprint density at radius 1 is 0.909 bits per heavy atom. The second-order valence-corrected chi connectivity index (χ2v) is 8.16. The molecular formula is C22H22N4O6S. The topological polar surface area (TPSA) is 129 Å². The van der Waals surface area contributed by atoms with E-state index < -0.39 is 10.0 Å². The van der Waals surface area contributed by atoms with Crippen molar-refractivity contribution in [3.05, 3.63) is 72.4 Å². The number of ether oxygens (including phenoxy) is 3. The zero-order valence-corrected chi connectivity index (χ0v) is 18.9. The molecule has 0 aliphatic carbocycles. The number of aromatic nitrogens is 2. The molecule has 0 radical (unpaired) electrons. The van der Waals surface area contributed by atoms with Gasteiger partial charge in [0.2, 0.25) is 5.88 Å². The number of anilines is 2. The highest BCUT2D eigenvalue weighted by Crippen LogP contribution is 2.21. The third-order valence-corrected chi connectivity index (χ3v) is 5.71. The molecule has 0 aliphatic heterocycles. The molecule has 0 bridgehead atoms. The SMILES string of the molecule is COc1ccc(C(=O)/C=C/Nc2ccc(S(=O)(=O)Nc3cc(OC)nc(OC)n3)cc2)cc1. The number of methoxy groups -OCH3 is 3. The normalized spacial score (nSPS) is 11.1. The van der Waals surface area contributed by atoms with Gasteiger partial charge in [-0.25, -0.2) is 8.42 Å². The highest BCUT2D eigenvalue weighted by Gasteiger charge is 2.16. The molecule has 0 atom stereocenters. The fourth-order valence-electron chi connectivity index (χ4n) is 2.64. The molecule has 2 aromatic carbocycles. The first-order valence-corrected chi connectivity index (χ1v) is 11.0. The predicted octanol–water partition coefficient (Wildman–Crippen LogP) is 3.11. The number of carbonyl (C=O) groups excluding carboxylic acids is 1. The van der Waals surface area contributed by atoms with Gasteiger partial charge in [0.25, 0.3) is 10.0 Å². The van der Waals surface area contributed by atoms with Crippen LogP contribution in [-0.4, -0.2) is 45.5 Å². The van der Waals surface area contributed by atoms with E-state index in [0.29, 0.717) is 17.0 Å². The number of hydrogen-bond donors (Lipinski definition) is 2. The number of allylic oxidation sites excluding steroid dienone is 1. The first-order valence-electron chi connectivity index (χ1n) is 9.56. The Balaban J connectivity index is 1.65. The second kappa shape index (κ2) is 10.5. The molecule has 33 heavy (non-hydrogen) atoms. The van der Waals surface area contributed by atoms with E-state index in [-0.39, 0.29) is 28.4 Å². The van der Waals surface area contributed by atoms with E-state index in [4.69, 9.17) is 14.2 Å². The Morgan fingerprint density at radius 3 is 2.21 bits per heavy atom. The summed E-state index contributed by atoms with van der Waals surface area (Å²) in [6.45, 7) is 0. The summed E-state index contributed by atoms with van der Waals surface area (Å²) in [7, 11) is 0.388. The number of nitrogens with zero attached hydrogens (tertiary/aromatic N) is 2. The number of hydrogen-bond acceptors (Lipinski definition) is 9. The summed E-state index contributed by atoms with van der Waals surface area (Å²) in [5.41, 5.74) is 1.11. The average molecular weight is 471 g/mol. The van der Waals surface area contributed by atoms with Crippen LogP contribution in [0.25, 0.3) is 0 Å². The maximum absolute atomic E-state index is 12.7. The molecule has 0 unspecified atom stereocenters. The lowest BCUT2D eigenvalue weighted by Gasteiger charge is -2.10. The van der Waals surface area contributed by atoms with Gasteiger partial charge in [-0.1, -0.05) is 0 Å². The van der Waals surface area contributed by atoms with Crippen LogP contribution in [-0.2, 0) is 10.0 Å². The molecule has 0 aliphatic rings. The van der Waals surface area contributed by atoms with E-state index in [2.05, 4.69) is 20.0 Å². The van der Waals surface area contributed by atoms with Crippen LogP contribution in [0.3, 0.4) is 0 Å². The number of rotatable bonds is 10. The lowest BCUT2D eigenvalue weighted by molar-refractivity contribution is 0.104. The summed E-state index contributed by atoms with van der Waals surface area (Å²) >= 11 is 0. The maximum atomic E-state index is 12.7. The second-order valence-electron chi connectivity index (χ2n) is 6.48. The van der Waals surface area contributed by atoms with Crippen LogP contribution in [0.1, 0.15) is 10.4 Å². The Hall–Kier alpha value is -4.12. The lowest BCUT2D eigenvalue weighted by Crippen LogP contribution is -2.14. The lowest BCUT2D eigenvalue weighted by atomic mass is 10.1. The molecule has 1 aromatic heterocycles. The number of carbonyl (C=O) groups is 1. The highest BCUT2D eigenvalue weighted by molar-refractivity contribution is 7.92. The van der Waals surface area contributed by atoms with Crippen LogP contribution < -0.4 is 24.2 Å². The van der Waals surface area contributed by atoms with Crippen molar-refractivity contribution >= 4 is 27.3 Å². The van der Waals surface area contributed by atoms with E-state index in [1.165, 1.54) is 44.7 Å². The standard InChI is InChI=1S/C22H22N4O6S/c1-30-17-8-4-15(5-9-17)19(27)12-13-23-16-6-10-18(11-7-16)33(28,29)26-20-14-21(31-2)25-22(24-20)32-3/h4-14,23H,1-3H3,(H,24,25,26)/b13-12+. The molecule has 3 rings (SSSR count). The first-order chi connectivity index (χ1) is 15.8. The van der Waals surface area contributed by atoms with Gasteiger partial charge in [0.05, 0.1) is 26.2 Å². The number of ketones is 1. The molecular weight excluding hydrogens is 448 g/mol. The minimum absolute atomic E-state index is 0.000814. The Morgan fingerprint density at radius 2 is 1.61 bits per heavy atom. The van der Waals surface area contributed by atoms with Crippen LogP contribution in [0.4, 0.5) is 11.5 Å². The molecule has 2 N–H and O–H groups in total. The maximum Gasteiger partial charge on any atom is 0.321 e. The van der Waals surface area contributed by atoms with Crippen LogP contribution >= 0.6 is 0 Å². The minimum atomic E-state index is -3.92. The zero-order valence-electron chi connectivity index (χ0n) is 18.1. The van der Waals surface area contributed by atoms with Crippen LogP contribution in [0.5, 0.6) is 17.6 Å². The smallest absolute Gasteiger partial charge is 0.321 e. The van der Waals surface area contributed by atoms with Crippen molar-refractivity contribution in [2.24, 2.45) is 0 Å². The monoisotopic (exact) mass is 470 g/mol. The summed E-state index contributed by atoms with van der Waals surface area (Å²) in [4.78, 5) is 20.1. The van der Waals surface area contributed by atoms with E-state index in [9.17, 15) is 13.2 Å². The van der Waals surface area contributed by atoms with E-state index in [0.717, 1.165) is 0 Å². The van der Waals surface area contributed by atoms with E-state index in [1.807, 2.05) is 0 Å². The molecule has 0 saturated heterocycles. The molecule has 3 aromatic rings. The zero-order chi connectivity index (χ0) is 23.8. The van der Waals surface area contributed by atoms with Crippen LogP contribution in [0.2, 0.25) is 0 Å². The molecule has 0 amide bonds. The number of nitrogens with one attached hydrogen (secondary N) is 2. The molecule has 1 heterocycles. The number of sulfonamides is 1. The Kier molecular flexibility index (Phi) is 7.46. The van der Waals surface area contributed by atoms with Crippen molar-refractivity contribution in [3.63, 3.8) is 0 Å². The summed E-state index contributed by atoms with van der Waals surface area (Å²) in [6, 6.07) is 14.0. The Labute approximate surface area is 191 Å². The minimum Gasteiger partial charge on any atom is -0.497 e. The van der Waals surface area contributed by atoms with Crippen LogP contribution in [0.15, 0.2) is 71.8 Å². The van der Waals surface area contributed by atoms with Crippen molar-refractivity contribution in [2.45, 2.75) is 4.90 Å². The van der Waals surface area contributed by atoms with Gasteiger partial charge in [-0.15, -0.1) is 0 Å². The van der Waals surface area contributed by atoms with Gasteiger partial charge < -0.3 is 19.5 Å². The molecule has 0 saturated carbocycles. The average Bonchev–Trinajstić information content (AvgIpc) is 2.83. The fourth-order valence-corrected chi connectivity index (χ4v) is 3.64. The van der Waals surface area contributed by atoms with Crippen molar-refractivity contribution in [1.29, 1.82) is 0 Å². The van der Waals surface area contributed by atoms with Crippen molar-refractivity contribution in [2.75, 3.05) is 31.4 Å². The van der Waals surface area contributed by atoms with Crippen molar-refractivity contribution in [1.82, 2.24) is 9.97 Å². The quantitative estimate of drug-likeness (QED) is 0.339. The van der Waals surface area contributed by atoms with Gasteiger partial charge in [0.15, 0.2) is 11.6 Å². The van der Waals surface area contributed by atoms with Crippen molar-refractivity contribution in [3.8, 4) is 17.6 Å². The third-order valence-electron chi connectivity index (χ3n) is 4.34. The van der Waals surface area contributed by atoms with Gasteiger partial charge in [0.1, 0.15) is 5.75 Å². The Bertz CT molecular complexity index is 1220. The summed E-state index contributed by atoms with van der Waals surface area (Å²) in [5.74, 6) is 0.622. The number of benzene rings is 2.